The summed E-state index contributed by atoms with van der Waals surface area (Å²) in [6.45, 7) is 2.37. The van der Waals surface area contributed by atoms with Gasteiger partial charge in [-0.3, -0.25) is 4.79 Å². The van der Waals surface area contributed by atoms with Crippen LogP contribution in [0, 0.1) is 5.92 Å². The summed E-state index contributed by atoms with van der Waals surface area (Å²) in [5.41, 5.74) is 0.581. The number of benzene rings is 1. The van der Waals surface area contributed by atoms with Gasteiger partial charge in [-0.2, -0.15) is 0 Å². The number of aromatic hydroxyl groups is 1. The molecule has 0 spiro atoms. The van der Waals surface area contributed by atoms with E-state index in [-0.39, 0.29) is 29.7 Å². The van der Waals surface area contributed by atoms with Crippen molar-refractivity contribution in [1.82, 2.24) is 16.0 Å². The molecular weight excluding hydrogens is 325 g/mol. The number of carbonyl (C=O) groups excluding carboxylic acids is 1. The second-order valence-corrected chi connectivity index (χ2v) is 6.67. The van der Waals surface area contributed by atoms with E-state index in [9.17, 15) is 9.90 Å². The molecule has 2 heterocycles. The van der Waals surface area contributed by atoms with Crippen molar-refractivity contribution in [3.8, 4) is 5.75 Å². The molecule has 0 saturated carbocycles. The van der Waals surface area contributed by atoms with Crippen LogP contribution in [-0.4, -0.2) is 36.7 Å². The van der Waals surface area contributed by atoms with Crippen LogP contribution < -0.4 is 16.0 Å². The Morgan fingerprint density at radius 1 is 1.32 bits per heavy atom. The summed E-state index contributed by atoms with van der Waals surface area (Å²) < 4.78 is 0. The Hall–Kier alpha value is -1.01. The molecule has 2 fully saturated rings. The normalized spacial score (nSPS) is 25.5. The maximum absolute atomic E-state index is 12.3. The van der Waals surface area contributed by atoms with Crippen molar-refractivity contribution in [3.05, 3.63) is 27.7 Å². The summed E-state index contributed by atoms with van der Waals surface area (Å²) >= 11 is 12.3. The van der Waals surface area contributed by atoms with E-state index in [0.717, 1.165) is 19.5 Å². The number of amides is 1. The molecule has 0 radical (unpaired) electrons. The summed E-state index contributed by atoms with van der Waals surface area (Å²) in [7, 11) is 0. The highest BCUT2D eigenvalue weighted by Crippen LogP contribution is 2.40. The number of nitrogens with one attached hydrogen (secondary N) is 3. The molecule has 3 rings (SSSR count). The van der Waals surface area contributed by atoms with Crippen LogP contribution in [0.1, 0.15) is 24.4 Å². The van der Waals surface area contributed by atoms with E-state index >= 15 is 0 Å². The summed E-state index contributed by atoms with van der Waals surface area (Å²) in [4.78, 5) is 12.3. The molecule has 2 unspecified atom stereocenters. The highest BCUT2D eigenvalue weighted by Gasteiger charge is 2.32. The average molecular weight is 344 g/mol. The fourth-order valence-electron chi connectivity index (χ4n) is 2.97. The Morgan fingerprint density at radius 2 is 2.09 bits per heavy atom. The Balaban J connectivity index is 1.72. The fraction of sp³-hybridized carbons (Fsp3) is 0.533. The van der Waals surface area contributed by atoms with Crippen molar-refractivity contribution >= 4 is 29.1 Å². The molecule has 5 nitrogen and oxygen atoms in total. The van der Waals surface area contributed by atoms with Gasteiger partial charge in [-0.15, -0.1) is 0 Å². The average Bonchev–Trinajstić information content (AvgIpc) is 2.47. The SMILES string of the molecule is O=C(NC1CNC1)C1CCNC(c2c(O)ccc(Cl)c2Cl)C1. The Kier molecular flexibility index (Phi) is 4.78. The van der Waals surface area contributed by atoms with Crippen LogP contribution in [0.5, 0.6) is 5.75 Å². The fourth-order valence-corrected chi connectivity index (χ4v) is 3.43. The minimum Gasteiger partial charge on any atom is -0.508 e. The molecule has 4 N–H and O–H groups in total. The van der Waals surface area contributed by atoms with Crippen LogP contribution in [0.4, 0.5) is 0 Å². The quantitative estimate of drug-likeness (QED) is 0.675. The van der Waals surface area contributed by atoms with Gasteiger partial charge in [-0.05, 0) is 31.5 Å². The smallest absolute Gasteiger partial charge is 0.223 e. The van der Waals surface area contributed by atoms with Crippen LogP contribution >= 0.6 is 23.2 Å². The van der Waals surface area contributed by atoms with Crippen molar-refractivity contribution < 1.29 is 9.90 Å². The van der Waals surface area contributed by atoms with Crippen molar-refractivity contribution in [2.75, 3.05) is 19.6 Å². The summed E-state index contributed by atoms with van der Waals surface area (Å²) in [5, 5.41) is 20.3. The van der Waals surface area contributed by atoms with Gasteiger partial charge in [0.25, 0.3) is 0 Å². The lowest BCUT2D eigenvalue weighted by molar-refractivity contribution is -0.127. The molecule has 0 bridgehead atoms. The second kappa shape index (κ2) is 6.62. The molecule has 7 heteroatoms. The highest BCUT2D eigenvalue weighted by molar-refractivity contribution is 6.42. The molecule has 1 amide bonds. The van der Waals surface area contributed by atoms with E-state index in [0.29, 0.717) is 28.6 Å². The second-order valence-electron chi connectivity index (χ2n) is 5.89. The number of carbonyl (C=O) groups is 1. The first kappa shape index (κ1) is 15.9. The molecule has 0 aliphatic carbocycles. The summed E-state index contributed by atoms with van der Waals surface area (Å²) in [6.07, 6.45) is 1.38. The molecule has 2 atom stereocenters. The van der Waals surface area contributed by atoms with Gasteiger partial charge in [-0.25, -0.2) is 0 Å². The van der Waals surface area contributed by atoms with E-state index in [1.54, 1.807) is 6.07 Å². The van der Waals surface area contributed by atoms with Gasteiger partial charge in [-0.1, -0.05) is 23.2 Å². The van der Waals surface area contributed by atoms with E-state index in [4.69, 9.17) is 23.2 Å². The molecule has 2 aliphatic heterocycles. The van der Waals surface area contributed by atoms with Crippen LogP contribution in [0.3, 0.4) is 0 Å². The zero-order valence-corrected chi connectivity index (χ0v) is 13.5. The first-order valence-electron chi connectivity index (χ1n) is 7.47. The Morgan fingerprint density at radius 3 is 2.77 bits per heavy atom. The van der Waals surface area contributed by atoms with Gasteiger partial charge < -0.3 is 21.1 Å². The van der Waals surface area contributed by atoms with Gasteiger partial charge in [0, 0.05) is 30.6 Å². The zero-order chi connectivity index (χ0) is 15.7. The third-order valence-electron chi connectivity index (χ3n) is 4.36. The molecule has 1 aromatic rings. The number of rotatable bonds is 3. The number of hydrogen-bond acceptors (Lipinski definition) is 4. The summed E-state index contributed by atoms with van der Waals surface area (Å²) in [6, 6.07) is 3.17. The Labute approximate surface area is 139 Å². The lowest BCUT2D eigenvalue weighted by Gasteiger charge is -2.34. The van der Waals surface area contributed by atoms with E-state index < -0.39 is 0 Å². The molecule has 0 aromatic heterocycles. The predicted molar refractivity (Wildman–Crippen MR) is 86.4 cm³/mol. The Bertz CT molecular complexity index is 578. The van der Waals surface area contributed by atoms with Gasteiger partial charge >= 0.3 is 0 Å². The molecule has 22 heavy (non-hydrogen) atoms. The van der Waals surface area contributed by atoms with Gasteiger partial charge in [0.15, 0.2) is 0 Å². The van der Waals surface area contributed by atoms with Crippen molar-refractivity contribution in [3.63, 3.8) is 0 Å². The largest absolute Gasteiger partial charge is 0.508 e. The topological polar surface area (TPSA) is 73.4 Å². The van der Waals surface area contributed by atoms with Crippen LogP contribution in [0.2, 0.25) is 10.0 Å². The maximum Gasteiger partial charge on any atom is 0.223 e. The van der Waals surface area contributed by atoms with E-state index in [1.807, 2.05) is 0 Å². The van der Waals surface area contributed by atoms with Gasteiger partial charge in [0.05, 0.1) is 16.1 Å². The third kappa shape index (κ3) is 3.18. The van der Waals surface area contributed by atoms with Crippen LogP contribution in [0.15, 0.2) is 12.1 Å². The standard InChI is InChI=1S/C15H19Cl2N3O2/c16-10-1-2-12(21)13(14(10)17)11-5-8(3-4-19-11)15(22)20-9-6-18-7-9/h1-2,8-9,11,18-19,21H,3-7H2,(H,20,22). The lowest BCUT2D eigenvalue weighted by atomic mass is 9.87. The van der Waals surface area contributed by atoms with Crippen LogP contribution in [-0.2, 0) is 4.79 Å². The molecule has 120 valence electrons. The van der Waals surface area contributed by atoms with Crippen molar-refractivity contribution in [1.29, 1.82) is 0 Å². The number of hydrogen-bond donors (Lipinski definition) is 4. The van der Waals surface area contributed by atoms with Crippen molar-refractivity contribution in [2.24, 2.45) is 5.92 Å². The number of halogens is 2. The first-order chi connectivity index (χ1) is 10.6. The molecular formula is C15H19Cl2N3O2. The van der Waals surface area contributed by atoms with Crippen molar-refractivity contribution in [2.45, 2.75) is 24.9 Å². The summed E-state index contributed by atoms with van der Waals surface area (Å²) in [5.74, 6) is 0.105. The number of phenols is 1. The molecule has 2 aliphatic rings. The zero-order valence-electron chi connectivity index (χ0n) is 12.0. The van der Waals surface area contributed by atoms with Gasteiger partial charge in [0.2, 0.25) is 5.91 Å². The number of phenolic OH excluding ortho intramolecular Hbond substituents is 1. The third-order valence-corrected chi connectivity index (χ3v) is 5.18. The monoisotopic (exact) mass is 343 g/mol. The predicted octanol–water partition coefficient (Wildman–Crippen LogP) is 1.83. The molecule has 1 aromatic carbocycles. The minimum atomic E-state index is -0.171. The van der Waals surface area contributed by atoms with E-state index in [2.05, 4.69) is 16.0 Å². The molecule has 2 saturated heterocycles. The minimum absolute atomic E-state index is 0.0793. The van der Waals surface area contributed by atoms with Crippen LogP contribution in [0.25, 0.3) is 0 Å². The lowest BCUT2D eigenvalue weighted by Crippen LogP contribution is -2.58. The van der Waals surface area contributed by atoms with Gasteiger partial charge in [0.1, 0.15) is 5.75 Å². The first-order valence-corrected chi connectivity index (χ1v) is 8.23. The highest BCUT2D eigenvalue weighted by atomic mass is 35.5. The number of piperidine rings is 1. The van der Waals surface area contributed by atoms with E-state index in [1.165, 1.54) is 6.07 Å². The maximum atomic E-state index is 12.3.